The molecule has 0 aromatic heterocycles. The van der Waals surface area contributed by atoms with Crippen molar-refractivity contribution in [2.75, 3.05) is 0 Å². The normalized spacial score (nSPS) is 12.7. The monoisotopic (exact) mass is 467 g/mol. The van der Waals surface area contributed by atoms with Gasteiger partial charge < -0.3 is 24.8 Å². The second-order valence-corrected chi connectivity index (χ2v) is 15.3. The molecule has 0 unspecified atom stereocenters. The number of hydrogen-bond acceptors (Lipinski definition) is 1. The Morgan fingerprint density at radius 1 is 0.786 bits per heavy atom. The molecule has 1 nitrogen and oxygen atoms in total. The molecule has 3 aromatic rings. The van der Waals surface area contributed by atoms with E-state index in [0.717, 1.165) is 6.42 Å². The zero-order valence-electron chi connectivity index (χ0n) is 16.7. The van der Waals surface area contributed by atoms with E-state index in [4.69, 9.17) is 0 Å². The van der Waals surface area contributed by atoms with E-state index in [1.807, 2.05) is 0 Å². The molecular weight excluding hydrogens is 437 g/mol. The van der Waals surface area contributed by atoms with Crippen LogP contribution in [-0.4, -0.2) is 16.5 Å². The van der Waals surface area contributed by atoms with Gasteiger partial charge in [0.1, 0.15) is 0 Å². The third-order valence-corrected chi connectivity index (χ3v) is 10.4. The Morgan fingerprint density at radius 2 is 1.25 bits per heavy atom. The summed E-state index contributed by atoms with van der Waals surface area (Å²) in [6.07, 6.45) is 3.62. The van der Waals surface area contributed by atoms with Crippen LogP contribution < -0.4 is 28.6 Å². The largest absolute Gasteiger partial charge is 1.00 e. The molecule has 1 N–H and O–H groups in total. The van der Waals surface area contributed by atoms with Gasteiger partial charge in [-0.05, 0) is 11.0 Å². The summed E-state index contributed by atoms with van der Waals surface area (Å²) in [4.78, 5) is 0. The van der Waals surface area contributed by atoms with Gasteiger partial charge in [-0.1, -0.05) is 0 Å². The van der Waals surface area contributed by atoms with E-state index in [0.29, 0.717) is 0 Å². The summed E-state index contributed by atoms with van der Waals surface area (Å²) in [5.74, 6) is 0. The Labute approximate surface area is 189 Å². The first kappa shape index (κ1) is 25.4. The molecular formula is C23H31Cl2NSiTi. The zero-order chi connectivity index (χ0) is 17.8. The third kappa shape index (κ3) is 4.59. The van der Waals surface area contributed by atoms with Crippen LogP contribution in [0.4, 0.5) is 0 Å². The van der Waals surface area contributed by atoms with Gasteiger partial charge in [-0.15, -0.1) is 0 Å². The van der Waals surface area contributed by atoms with Gasteiger partial charge in [-0.3, -0.25) is 0 Å². The van der Waals surface area contributed by atoms with Crippen LogP contribution in [0.1, 0.15) is 31.9 Å². The Bertz CT molecular complexity index is 1020. The summed E-state index contributed by atoms with van der Waals surface area (Å²) in [7, 11) is 0. The van der Waals surface area contributed by atoms with Crippen LogP contribution in [0.25, 0.3) is 27.6 Å². The minimum atomic E-state index is -2.24. The topological polar surface area (TPSA) is 12.0 Å². The Balaban J connectivity index is 0.00000131. The maximum atomic E-state index is 3.99. The van der Waals surface area contributed by atoms with Crippen LogP contribution in [0.2, 0.25) is 10.5 Å². The molecule has 3 aromatic carbocycles. The fraction of sp³-hybridized carbons (Fsp3) is 0.304. The maximum Gasteiger partial charge on any atom is -0.0149 e. The summed E-state index contributed by atoms with van der Waals surface area (Å²) in [6.45, 7) is 6.86. The number of allylic oxidation sites excluding steroid dienone is 1. The van der Waals surface area contributed by atoms with Crippen LogP contribution in [0.5, 0.6) is 0 Å². The van der Waals surface area contributed by atoms with Crippen LogP contribution in [0.3, 0.4) is 0 Å². The number of fused-ring (bicyclic) bond motifs is 6. The van der Waals surface area contributed by atoms with Crippen molar-refractivity contribution in [3.8, 4) is 0 Å². The average Bonchev–Trinajstić information content (AvgIpc) is 3.00. The smallest absolute Gasteiger partial charge is 0.0149 e. The summed E-state index contributed by atoms with van der Waals surface area (Å²) < 4.78 is 5.65. The molecule has 150 valence electrons. The van der Waals surface area contributed by atoms with E-state index in [9.17, 15) is 0 Å². The molecule has 0 saturated heterocycles. The van der Waals surface area contributed by atoms with Crippen molar-refractivity contribution in [2.45, 2.75) is 43.2 Å². The summed E-state index contributed by atoms with van der Waals surface area (Å²) in [5, 5.41) is 10.6. The van der Waals surface area contributed by atoms with Gasteiger partial charge in [0.25, 0.3) is 0 Å². The van der Waals surface area contributed by atoms with Gasteiger partial charge in [-0.2, -0.15) is 0 Å². The first-order valence-corrected chi connectivity index (χ1v) is 13.9. The fourth-order valence-corrected chi connectivity index (χ4v) is 9.37. The third-order valence-electron chi connectivity index (χ3n) is 5.26. The predicted molar refractivity (Wildman–Crippen MR) is 119 cm³/mol. The Morgan fingerprint density at radius 3 is 1.79 bits per heavy atom. The number of benzene rings is 3. The van der Waals surface area contributed by atoms with Gasteiger partial charge in [-0.25, -0.2) is 0 Å². The minimum Gasteiger partial charge on any atom is -1.00 e. The quantitative estimate of drug-likeness (QED) is 0.376. The van der Waals surface area contributed by atoms with E-state index in [1.54, 1.807) is 3.88 Å². The molecule has 0 radical (unpaired) electrons. The molecule has 0 bridgehead atoms. The summed E-state index contributed by atoms with van der Waals surface area (Å²) in [6, 6.07) is 17.8. The molecule has 0 amide bonds. The summed E-state index contributed by atoms with van der Waals surface area (Å²) >= 11 is -2.24. The van der Waals surface area contributed by atoms with E-state index < -0.39 is 16.8 Å². The number of halogens is 2. The number of hydrogen-bond donors (Lipinski definition) is 1. The van der Waals surface area contributed by atoms with Gasteiger partial charge in [0.05, 0.1) is 0 Å². The van der Waals surface area contributed by atoms with Crippen LogP contribution in [0.15, 0.2) is 52.4 Å². The van der Waals surface area contributed by atoms with Crippen molar-refractivity contribution in [3.05, 3.63) is 63.5 Å². The molecule has 1 aliphatic rings. The second kappa shape index (κ2) is 9.04. The average molecular weight is 468 g/mol. The van der Waals surface area contributed by atoms with Crippen molar-refractivity contribution in [2.24, 2.45) is 0 Å². The molecule has 0 spiro atoms. The van der Waals surface area contributed by atoms with Crippen molar-refractivity contribution < 1.29 is 41.7 Å². The van der Waals surface area contributed by atoms with Gasteiger partial charge in [0.2, 0.25) is 0 Å². The van der Waals surface area contributed by atoms with Gasteiger partial charge in [0, 0.05) is 0 Å². The fourth-order valence-electron chi connectivity index (χ4n) is 4.43. The Hall–Kier alpha value is -0.609. The van der Waals surface area contributed by atoms with Crippen molar-refractivity contribution in [1.82, 2.24) is 3.80 Å². The van der Waals surface area contributed by atoms with E-state index in [2.05, 4.69) is 89.6 Å². The van der Waals surface area contributed by atoms with Crippen LogP contribution >= 0.6 is 0 Å². The van der Waals surface area contributed by atoms with Crippen molar-refractivity contribution in [3.63, 3.8) is 0 Å². The second-order valence-electron chi connectivity index (χ2n) is 8.83. The van der Waals surface area contributed by atoms with E-state index in [1.165, 1.54) is 32.7 Å². The molecule has 0 heterocycles. The zero-order valence-corrected chi connectivity index (χ0v) is 19.7. The van der Waals surface area contributed by atoms with Crippen LogP contribution in [0, 0.1) is 0 Å². The first-order chi connectivity index (χ1) is 11.8. The number of rotatable bonds is 2. The molecule has 1 aliphatic carbocycles. The predicted octanol–water partition coefficient (Wildman–Crippen LogP) is -1.00. The van der Waals surface area contributed by atoms with Gasteiger partial charge in [0.15, 0.2) is 0 Å². The van der Waals surface area contributed by atoms with E-state index >= 15 is 0 Å². The standard InChI is InChI=1S/C17H11.C4H10N.2CH3.2ClH.H4Si.Ti/c1-3-8-14-12(6-1)13-7-2-4-9-15(13)17-11-5-10-16(14)17;1-4(2,3)5;;;;;;/h1-4,6-10H,11H2;5H,1-3H3;2*1H3;2*1H;1H4;/q;-1;;;;;;+3/p-2. The summed E-state index contributed by atoms with van der Waals surface area (Å²) in [5.41, 5.74) is 3.15. The van der Waals surface area contributed by atoms with Gasteiger partial charge >= 0.3 is 155 Å². The van der Waals surface area contributed by atoms with E-state index in [-0.39, 0.29) is 41.3 Å². The van der Waals surface area contributed by atoms with Crippen molar-refractivity contribution >= 4 is 38.6 Å². The molecule has 4 rings (SSSR count). The molecule has 0 aliphatic heterocycles. The molecule has 0 fully saturated rings. The first-order valence-electron chi connectivity index (χ1n) is 9.19. The Kier molecular flexibility index (Phi) is 8.21. The minimum absolute atomic E-state index is 0. The van der Waals surface area contributed by atoms with Crippen LogP contribution in [-0.2, 0) is 23.3 Å². The molecule has 0 atom stereocenters. The SMILES string of the molecule is CC(C)(C)[NH][Ti+2]([CH3])([CH3])[C]1=Cc2c(c3ccccc3c3ccccc23)C1.[Cl-].[Cl-].[SiH4]. The molecule has 5 heteroatoms. The number of nitrogens with one attached hydrogen (secondary N) is 1. The van der Waals surface area contributed by atoms with Crippen molar-refractivity contribution in [1.29, 1.82) is 0 Å². The maximum absolute atomic E-state index is 3.99. The molecule has 28 heavy (non-hydrogen) atoms. The molecule has 0 saturated carbocycles.